The summed E-state index contributed by atoms with van der Waals surface area (Å²) in [5.74, 6) is 0.375. The fraction of sp³-hybridized carbons (Fsp3) is 0.375. The molecule has 2 aromatic rings. The number of rotatable bonds is 7. The van der Waals surface area contributed by atoms with Gasteiger partial charge in [0.05, 0.1) is 22.7 Å². The molecular weight excluding hydrogens is 447 g/mol. The van der Waals surface area contributed by atoms with E-state index in [0.717, 1.165) is 33.5 Å². The van der Waals surface area contributed by atoms with Crippen LogP contribution in [0.1, 0.15) is 33.9 Å². The molecule has 0 aliphatic carbocycles. The van der Waals surface area contributed by atoms with E-state index in [-0.39, 0.29) is 5.91 Å². The fourth-order valence-corrected chi connectivity index (χ4v) is 3.51. The molecule has 0 bridgehead atoms. The van der Waals surface area contributed by atoms with Gasteiger partial charge >= 0.3 is 0 Å². The zero-order valence-electron chi connectivity index (χ0n) is 13.0. The maximum absolute atomic E-state index is 12.3. The minimum Gasteiger partial charge on any atom is -0.496 e. The monoisotopic (exact) mass is 464 g/mol. The molecule has 0 saturated carbocycles. The standard InChI is InChI=1S/C16H18ClIN2O2S/c1-10-9-23-15(20-10)5-3-4-6-19-16(21)11-7-12(17)13(18)8-14(11)22-2/h7-9H,3-6H2,1-2H3,(H,19,21). The molecule has 0 saturated heterocycles. The average molecular weight is 465 g/mol. The third-order valence-corrected chi connectivity index (χ3v) is 5.81. The van der Waals surface area contributed by atoms with Gasteiger partial charge in [-0.05, 0) is 60.9 Å². The van der Waals surface area contributed by atoms with Gasteiger partial charge in [-0.2, -0.15) is 0 Å². The summed E-state index contributed by atoms with van der Waals surface area (Å²) in [6.07, 6.45) is 2.86. The van der Waals surface area contributed by atoms with Gasteiger partial charge in [-0.15, -0.1) is 11.3 Å². The molecule has 7 heteroatoms. The third kappa shape index (κ3) is 5.32. The summed E-state index contributed by atoms with van der Waals surface area (Å²) in [6, 6.07) is 3.42. The summed E-state index contributed by atoms with van der Waals surface area (Å²) < 4.78 is 6.12. The Morgan fingerprint density at radius 2 is 2.22 bits per heavy atom. The highest BCUT2D eigenvalue weighted by Crippen LogP contribution is 2.28. The van der Waals surface area contributed by atoms with Gasteiger partial charge in [-0.25, -0.2) is 4.98 Å². The van der Waals surface area contributed by atoms with Crippen molar-refractivity contribution in [3.05, 3.63) is 42.4 Å². The van der Waals surface area contributed by atoms with Gasteiger partial charge in [0.1, 0.15) is 5.75 Å². The van der Waals surface area contributed by atoms with Gasteiger partial charge in [-0.1, -0.05) is 11.6 Å². The number of ether oxygens (including phenoxy) is 1. The molecule has 1 heterocycles. The molecule has 4 nitrogen and oxygen atoms in total. The lowest BCUT2D eigenvalue weighted by Crippen LogP contribution is -2.25. The summed E-state index contributed by atoms with van der Waals surface area (Å²) in [6.45, 7) is 2.62. The fourth-order valence-electron chi connectivity index (χ4n) is 2.09. The van der Waals surface area contributed by atoms with E-state index < -0.39 is 0 Å². The van der Waals surface area contributed by atoms with Gasteiger partial charge < -0.3 is 10.1 Å². The number of hydrogen-bond donors (Lipinski definition) is 1. The Kier molecular flexibility index (Phi) is 7.10. The maximum atomic E-state index is 12.3. The first-order valence-corrected chi connectivity index (χ1v) is 9.57. The smallest absolute Gasteiger partial charge is 0.255 e. The van der Waals surface area contributed by atoms with Crippen LogP contribution in [0.25, 0.3) is 0 Å². The second-order valence-electron chi connectivity index (χ2n) is 5.06. The Balaban J connectivity index is 1.82. The van der Waals surface area contributed by atoms with E-state index >= 15 is 0 Å². The van der Waals surface area contributed by atoms with Crippen LogP contribution in [0, 0.1) is 10.5 Å². The van der Waals surface area contributed by atoms with Crippen LogP contribution < -0.4 is 10.1 Å². The molecule has 0 aliphatic heterocycles. The first kappa shape index (κ1) is 18.5. The molecule has 0 radical (unpaired) electrons. The Morgan fingerprint density at radius 3 is 2.87 bits per heavy atom. The van der Waals surface area contributed by atoms with E-state index in [1.54, 1.807) is 30.6 Å². The molecule has 124 valence electrons. The predicted molar refractivity (Wildman–Crippen MR) is 103 cm³/mol. The van der Waals surface area contributed by atoms with E-state index in [1.165, 1.54) is 0 Å². The molecule has 0 fully saturated rings. The number of thiazole rings is 1. The highest BCUT2D eigenvalue weighted by molar-refractivity contribution is 14.1. The highest BCUT2D eigenvalue weighted by atomic mass is 127. The molecule has 0 atom stereocenters. The van der Waals surface area contributed by atoms with Crippen LogP contribution >= 0.6 is 45.5 Å². The summed E-state index contributed by atoms with van der Waals surface area (Å²) in [7, 11) is 1.55. The van der Waals surface area contributed by atoms with E-state index in [0.29, 0.717) is 22.9 Å². The first-order valence-electron chi connectivity index (χ1n) is 7.23. The predicted octanol–water partition coefficient (Wildman–Crippen LogP) is 4.47. The van der Waals surface area contributed by atoms with Crippen molar-refractivity contribution in [2.45, 2.75) is 26.2 Å². The molecule has 2 rings (SSSR count). The van der Waals surface area contributed by atoms with Gasteiger partial charge in [0.25, 0.3) is 5.91 Å². The zero-order chi connectivity index (χ0) is 16.8. The summed E-state index contributed by atoms with van der Waals surface area (Å²) >= 11 is 9.89. The van der Waals surface area contributed by atoms with Crippen LogP contribution in [0.3, 0.4) is 0 Å². The van der Waals surface area contributed by atoms with Gasteiger partial charge in [0, 0.05) is 21.2 Å². The van der Waals surface area contributed by atoms with Crippen molar-refractivity contribution in [1.82, 2.24) is 10.3 Å². The number of benzene rings is 1. The van der Waals surface area contributed by atoms with Crippen LogP contribution in [-0.4, -0.2) is 24.5 Å². The Labute approximate surface area is 158 Å². The van der Waals surface area contributed by atoms with Crippen molar-refractivity contribution < 1.29 is 9.53 Å². The lowest BCUT2D eigenvalue weighted by atomic mass is 10.2. The molecule has 1 aromatic heterocycles. The highest BCUT2D eigenvalue weighted by Gasteiger charge is 2.14. The molecule has 1 amide bonds. The second kappa shape index (κ2) is 8.84. The third-order valence-electron chi connectivity index (χ3n) is 3.26. The summed E-state index contributed by atoms with van der Waals surface area (Å²) in [5, 5.41) is 6.68. The minimum absolute atomic E-state index is 0.162. The van der Waals surface area contributed by atoms with Crippen LogP contribution in [0.2, 0.25) is 5.02 Å². The van der Waals surface area contributed by atoms with Crippen molar-refractivity contribution in [3.8, 4) is 5.75 Å². The Morgan fingerprint density at radius 1 is 1.43 bits per heavy atom. The number of carbonyl (C=O) groups is 1. The van der Waals surface area contributed by atoms with Crippen LogP contribution in [0.5, 0.6) is 5.75 Å². The van der Waals surface area contributed by atoms with Crippen molar-refractivity contribution in [2.24, 2.45) is 0 Å². The number of methoxy groups -OCH3 is 1. The number of carbonyl (C=O) groups excluding carboxylic acids is 1. The largest absolute Gasteiger partial charge is 0.496 e. The number of nitrogens with zero attached hydrogens (tertiary/aromatic N) is 1. The SMILES string of the molecule is COc1cc(I)c(Cl)cc1C(=O)NCCCCc1nc(C)cs1. The molecule has 23 heavy (non-hydrogen) atoms. The number of nitrogens with one attached hydrogen (secondary N) is 1. The van der Waals surface area contributed by atoms with Crippen molar-refractivity contribution >= 4 is 51.4 Å². The topological polar surface area (TPSA) is 51.2 Å². The normalized spacial score (nSPS) is 10.6. The van der Waals surface area contributed by atoms with Crippen LogP contribution in [0.4, 0.5) is 0 Å². The molecule has 1 N–H and O–H groups in total. The van der Waals surface area contributed by atoms with Gasteiger partial charge in [0.2, 0.25) is 0 Å². The van der Waals surface area contributed by atoms with Crippen molar-refractivity contribution in [3.63, 3.8) is 0 Å². The van der Waals surface area contributed by atoms with Gasteiger partial charge in [0.15, 0.2) is 0 Å². The van der Waals surface area contributed by atoms with Crippen molar-refractivity contribution in [2.75, 3.05) is 13.7 Å². The van der Waals surface area contributed by atoms with E-state index in [4.69, 9.17) is 16.3 Å². The molecule has 0 aliphatic rings. The molecule has 1 aromatic carbocycles. The molecule has 0 spiro atoms. The number of amides is 1. The summed E-state index contributed by atoms with van der Waals surface area (Å²) in [5.41, 5.74) is 1.54. The molecular formula is C16H18ClIN2O2S. The number of aromatic nitrogens is 1. The minimum atomic E-state index is -0.162. The number of hydrogen-bond acceptors (Lipinski definition) is 4. The zero-order valence-corrected chi connectivity index (χ0v) is 16.7. The van der Waals surface area contributed by atoms with Crippen LogP contribution in [0.15, 0.2) is 17.5 Å². The Hall–Kier alpha value is -0.860. The maximum Gasteiger partial charge on any atom is 0.255 e. The molecule has 0 unspecified atom stereocenters. The lowest BCUT2D eigenvalue weighted by Gasteiger charge is -2.10. The van der Waals surface area contributed by atoms with Crippen molar-refractivity contribution in [1.29, 1.82) is 0 Å². The van der Waals surface area contributed by atoms with E-state index in [9.17, 15) is 4.79 Å². The van der Waals surface area contributed by atoms with E-state index in [1.807, 2.05) is 6.92 Å². The quantitative estimate of drug-likeness (QED) is 0.486. The average Bonchev–Trinajstić information content (AvgIpc) is 2.94. The Bertz CT molecular complexity index is 691. The summed E-state index contributed by atoms with van der Waals surface area (Å²) in [4.78, 5) is 16.7. The number of aryl methyl sites for hydroxylation is 2. The number of halogens is 2. The number of unbranched alkanes of at least 4 members (excludes halogenated alkanes) is 1. The van der Waals surface area contributed by atoms with Gasteiger partial charge in [-0.3, -0.25) is 4.79 Å². The first-order chi connectivity index (χ1) is 11.0. The van der Waals surface area contributed by atoms with E-state index in [2.05, 4.69) is 38.3 Å². The second-order valence-corrected chi connectivity index (χ2v) is 7.57. The van der Waals surface area contributed by atoms with Crippen LogP contribution in [-0.2, 0) is 6.42 Å². The lowest BCUT2D eigenvalue weighted by molar-refractivity contribution is 0.0950.